The summed E-state index contributed by atoms with van der Waals surface area (Å²) in [6.45, 7) is 9.15. The fourth-order valence-electron chi connectivity index (χ4n) is 4.29. The third kappa shape index (κ3) is 3.71. The largest absolute Gasteiger partial charge is 0.381 e. The van der Waals surface area contributed by atoms with Crippen LogP contribution in [0.2, 0.25) is 0 Å². The highest BCUT2D eigenvalue weighted by atomic mass is 16.5. The van der Waals surface area contributed by atoms with E-state index in [-0.39, 0.29) is 0 Å². The van der Waals surface area contributed by atoms with Gasteiger partial charge in [0.15, 0.2) is 11.4 Å². The van der Waals surface area contributed by atoms with E-state index < -0.39 is 11.2 Å². The Morgan fingerprint density at radius 3 is 2.80 bits per heavy atom. The molecule has 4 heterocycles. The average Bonchev–Trinajstić information content (AvgIpc) is 3.10. The lowest BCUT2D eigenvalue weighted by atomic mass is 10.1. The molecule has 2 saturated heterocycles. The van der Waals surface area contributed by atoms with Crippen molar-refractivity contribution in [1.82, 2.24) is 24.5 Å². The highest BCUT2D eigenvalue weighted by Crippen LogP contribution is 2.24. The summed E-state index contributed by atoms with van der Waals surface area (Å²) in [4.78, 5) is 30.8. The van der Waals surface area contributed by atoms with Crippen molar-refractivity contribution in [2.45, 2.75) is 19.5 Å². The summed E-state index contributed by atoms with van der Waals surface area (Å²) in [6, 6.07) is 7.69. The van der Waals surface area contributed by atoms with Crippen LogP contribution >= 0.6 is 0 Å². The number of hydrogen-bond donors (Lipinski definition) is 1. The molecular weight excluding hydrogens is 386 g/mol. The molecule has 1 unspecified atom stereocenters. The number of hydrogen-bond acceptors (Lipinski definition) is 7. The van der Waals surface area contributed by atoms with Gasteiger partial charge in [-0.15, -0.1) is 0 Å². The highest BCUT2D eigenvalue weighted by Gasteiger charge is 2.28. The van der Waals surface area contributed by atoms with Crippen molar-refractivity contribution in [3.8, 4) is 5.82 Å². The molecule has 0 amide bonds. The van der Waals surface area contributed by atoms with Gasteiger partial charge in [-0.1, -0.05) is 11.2 Å². The van der Waals surface area contributed by atoms with Crippen molar-refractivity contribution < 1.29 is 9.26 Å². The molecule has 9 heteroatoms. The lowest BCUT2D eigenvalue weighted by Gasteiger charge is -2.42. The molecule has 158 valence electrons. The van der Waals surface area contributed by atoms with E-state index in [1.54, 1.807) is 0 Å². The van der Waals surface area contributed by atoms with Gasteiger partial charge in [0.2, 0.25) is 0 Å². The number of ether oxygens (including phenoxy) is 1. The maximum Gasteiger partial charge on any atom is 0.334 e. The van der Waals surface area contributed by atoms with Crippen molar-refractivity contribution in [3.63, 3.8) is 0 Å². The highest BCUT2D eigenvalue weighted by molar-refractivity contribution is 5.84. The van der Waals surface area contributed by atoms with Crippen molar-refractivity contribution >= 4 is 11.0 Å². The van der Waals surface area contributed by atoms with E-state index >= 15 is 0 Å². The van der Waals surface area contributed by atoms with Gasteiger partial charge >= 0.3 is 5.69 Å². The van der Waals surface area contributed by atoms with Gasteiger partial charge in [0.05, 0.1) is 18.6 Å². The van der Waals surface area contributed by atoms with Gasteiger partial charge in [0.1, 0.15) is 0 Å². The number of aromatic amines is 1. The molecule has 1 atom stereocenters. The Hall–Kier alpha value is -2.75. The Labute approximate surface area is 172 Å². The summed E-state index contributed by atoms with van der Waals surface area (Å²) >= 11 is 0. The first-order chi connectivity index (χ1) is 14.6. The number of aromatic nitrogens is 3. The summed E-state index contributed by atoms with van der Waals surface area (Å²) in [5.41, 5.74) is 0.761. The number of rotatable bonds is 5. The average molecular weight is 411 g/mol. The molecule has 2 aliphatic heterocycles. The summed E-state index contributed by atoms with van der Waals surface area (Å²) < 4.78 is 12.0. The van der Waals surface area contributed by atoms with E-state index in [0.717, 1.165) is 56.9 Å². The van der Waals surface area contributed by atoms with Crippen molar-refractivity contribution in [2.75, 3.05) is 39.4 Å². The van der Waals surface area contributed by atoms with Crippen molar-refractivity contribution in [1.29, 1.82) is 0 Å². The van der Waals surface area contributed by atoms with Crippen LogP contribution in [0.1, 0.15) is 12.5 Å². The van der Waals surface area contributed by atoms with Crippen LogP contribution in [0.25, 0.3) is 16.8 Å². The van der Waals surface area contributed by atoms with Crippen LogP contribution in [0.5, 0.6) is 0 Å². The Kier molecular flexibility index (Phi) is 5.01. The minimum absolute atomic E-state index is 0.383. The predicted molar refractivity (Wildman–Crippen MR) is 111 cm³/mol. The summed E-state index contributed by atoms with van der Waals surface area (Å²) in [6.07, 6.45) is 1.42. The van der Waals surface area contributed by atoms with E-state index in [0.29, 0.717) is 23.4 Å². The zero-order valence-corrected chi connectivity index (χ0v) is 16.9. The lowest BCUT2D eigenvalue weighted by Crippen LogP contribution is -2.53. The lowest BCUT2D eigenvalue weighted by molar-refractivity contribution is -0.0551. The second-order valence-corrected chi connectivity index (χ2v) is 8.30. The SMILES string of the molecule is CC1CN(CC2COC2)CCN1Cc1ccc2onc(-n3ccc(=O)[nH]c3=O)c2c1. The molecular formula is C21H25N5O4. The van der Waals surface area contributed by atoms with Crippen molar-refractivity contribution in [3.05, 3.63) is 56.9 Å². The Morgan fingerprint density at radius 2 is 2.07 bits per heavy atom. The predicted octanol–water partition coefficient (Wildman–Crippen LogP) is 0.820. The second kappa shape index (κ2) is 7.82. The fraction of sp³-hybridized carbons (Fsp3) is 0.476. The Balaban J connectivity index is 1.34. The van der Waals surface area contributed by atoms with Gasteiger partial charge < -0.3 is 14.2 Å². The van der Waals surface area contributed by atoms with E-state index in [4.69, 9.17) is 9.26 Å². The van der Waals surface area contributed by atoms with Gasteiger partial charge in [0, 0.05) is 56.9 Å². The Bertz CT molecular complexity index is 1160. The van der Waals surface area contributed by atoms with Gasteiger partial charge in [-0.3, -0.25) is 14.7 Å². The molecule has 0 radical (unpaired) electrons. The minimum atomic E-state index is -0.537. The van der Waals surface area contributed by atoms with Crippen LogP contribution in [0.15, 0.2) is 44.6 Å². The number of benzene rings is 1. The maximum absolute atomic E-state index is 12.2. The van der Waals surface area contributed by atoms with Crippen LogP contribution in [0.4, 0.5) is 0 Å². The van der Waals surface area contributed by atoms with Gasteiger partial charge in [-0.2, -0.15) is 0 Å². The molecule has 0 saturated carbocycles. The van der Waals surface area contributed by atoms with Crippen LogP contribution < -0.4 is 11.2 Å². The molecule has 9 nitrogen and oxygen atoms in total. The summed E-state index contributed by atoms with van der Waals surface area (Å²) in [7, 11) is 0. The molecule has 0 bridgehead atoms. The van der Waals surface area contributed by atoms with Crippen LogP contribution in [0.3, 0.4) is 0 Å². The van der Waals surface area contributed by atoms with Gasteiger partial charge in [0.25, 0.3) is 5.56 Å². The summed E-state index contributed by atoms with van der Waals surface area (Å²) in [5, 5.41) is 4.79. The number of nitrogens with zero attached hydrogens (tertiary/aromatic N) is 4. The van der Waals surface area contributed by atoms with Gasteiger partial charge in [-0.05, 0) is 24.6 Å². The fourth-order valence-corrected chi connectivity index (χ4v) is 4.29. The number of piperazine rings is 1. The molecule has 5 rings (SSSR count). The number of H-pyrrole nitrogens is 1. The molecule has 3 aromatic rings. The van der Waals surface area contributed by atoms with Crippen LogP contribution in [0, 0.1) is 5.92 Å². The smallest absolute Gasteiger partial charge is 0.334 e. The number of nitrogens with one attached hydrogen (secondary N) is 1. The molecule has 2 aliphatic rings. The summed E-state index contributed by atoms with van der Waals surface area (Å²) in [5.74, 6) is 1.07. The monoisotopic (exact) mass is 411 g/mol. The van der Waals surface area contributed by atoms with E-state index in [1.807, 2.05) is 18.2 Å². The molecule has 1 N–H and O–H groups in total. The zero-order chi connectivity index (χ0) is 20.7. The molecule has 1 aromatic carbocycles. The first-order valence-corrected chi connectivity index (χ1v) is 10.3. The third-order valence-electron chi connectivity index (χ3n) is 6.03. The van der Waals surface area contributed by atoms with E-state index in [9.17, 15) is 9.59 Å². The maximum atomic E-state index is 12.2. The van der Waals surface area contributed by atoms with Crippen LogP contribution in [-0.2, 0) is 11.3 Å². The third-order valence-corrected chi connectivity index (χ3v) is 6.03. The molecule has 0 spiro atoms. The first-order valence-electron chi connectivity index (χ1n) is 10.3. The van der Waals surface area contributed by atoms with E-state index in [2.05, 4.69) is 26.9 Å². The normalized spacial score (nSPS) is 21.2. The Morgan fingerprint density at radius 1 is 1.20 bits per heavy atom. The zero-order valence-electron chi connectivity index (χ0n) is 16.9. The minimum Gasteiger partial charge on any atom is -0.381 e. The second-order valence-electron chi connectivity index (χ2n) is 8.30. The first kappa shape index (κ1) is 19.2. The molecule has 2 aromatic heterocycles. The standard InChI is InChI=1S/C21H25N5O4/c1-14-9-24(10-16-12-29-13-16)6-7-25(14)11-15-2-3-18-17(8-15)20(23-30-18)26-5-4-19(27)22-21(26)28/h2-5,8,14,16H,6-7,9-13H2,1H3,(H,22,27,28). The quantitative estimate of drug-likeness (QED) is 0.664. The molecule has 30 heavy (non-hydrogen) atoms. The van der Waals surface area contributed by atoms with E-state index in [1.165, 1.54) is 16.8 Å². The number of fused-ring (bicyclic) bond motifs is 1. The molecule has 0 aliphatic carbocycles. The van der Waals surface area contributed by atoms with Crippen molar-refractivity contribution in [2.24, 2.45) is 5.92 Å². The van der Waals surface area contributed by atoms with Gasteiger partial charge in [-0.25, -0.2) is 9.36 Å². The molecule has 2 fully saturated rings. The van der Waals surface area contributed by atoms with Crippen LogP contribution in [-0.4, -0.2) is 69.9 Å². The topological polar surface area (TPSA) is 96.6 Å².